The van der Waals surface area contributed by atoms with Gasteiger partial charge in [-0.3, -0.25) is 4.79 Å². The lowest BCUT2D eigenvalue weighted by atomic mass is 9.97. The number of sulfone groups is 1. The first-order chi connectivity index (χ1) is 12.6. The van der Waals surface area contributed by atoms with E-state index in [1.54, 1.807) is 32.9 Å². The van der Waals surface area contributed by atoms with Crippen LogP contribution in [0.15, 0.2) is 47.4 Å². The highest BCUT2D eigenvalue weighted by atomic mass is 32.2. The Balaban J connectivity index is 2.29. The molecule has 2 N–H and O–H groups in total. The van der Waals surface area contributed by atoms with Crippen molar-refractivity contribution in [3.63, 3.8) is 0 Å². The molecular formula is C20H23NO5S. The molecule has 0 radical (unpaired) electrons. The Morgan fingerprint density at radius 3 is 2.11 bits per heavy atom. The number of carbonyl (C=O) groups excluding carboxylic acids is 1. The topological polar surface area (TPSA) is 101 Å². The van der Waals surface area contributed by atoms with Gasteiger partial charge in [0.05, 0.1) is 10.1 Å². The predicted octanol–water partition coefficient (Wildman–Crippen LogP) is 3.04. The van der Waals surface area contributed by atoms with Crippen LogP contribution in [-0.2, 0) is 14.6 Å². The van der Waals surface area contributed by atoms with Gasteiger partial charge in [-0.15, -0.1) is 0 Å². The highest BCUT2D eigenvalue weighted by molar-refractivity contribution is 7.92. The van der Waals surface area contributed by atoms with Gasteiger partial charge in [0.2, 0.25) is 0 Å². The predicted molar refractivity (Wildman–Crippen MR) is 103 cm³/mol. The van der Waals surface area contributed by atoms with E-state index in [0.717, 1.165) is 11.1 Å². The van der Waals surface area contributed by atoms with Crippen molar-refractivity contribution in [1.82, 2.24) is 5.32 Å². The summed E-state index contributed by atoms with van der Waals surface area (Å²) in [6.07, 6.45) is 0. The van der Waals surface area contributed by atoms with E-state index in [4.69, 9.17) is 0 Å². The van der Waals surface area contributed by atoms with Gasteiger partial charge < -0.3 is 10.4 Å². The van der Waals surface area contributed by atoms with Crippen LogP contribution in [-0.4, -0.2) is 30.7 Å². The molecule has 7 heteroatoms. The molecule has 6 nitrogen and oxygen atoms in total. The number of carbonyl (C=O) groups is 2. The maximum atomic E-state index is 12.5. The van der Waals surface area contributed by atoms with Crippen LogP contribution in [0.25, 0.3) is 0 Å². The minimum absolute atomic E-state index is 0.123. The lowest BCUT2D eigenvalue weighted by Crippen LogP contribution is -2.34. The molecule has 2 aromatic carbocycles. The van der Waals surface area contributed by atoms with Crippen molar-refractivity contribution in [2.75, 3.05) is 0 Å². The van der Waals surface area contributed by atoms with Crippen molar-refractivity contribution in [1.29, 1.82) is 0 Å². The Morgan fingerprint density at radius 2 is 1.59 bits per heavy atom. The van der Waals surface area contributed by atoms with E-state index in [0.29, 0.717) is 5.56 Å². The average Bonchev–Trinajstić information content (AvgIpc) is 2.62. The van der Waals surface area contributed by atoms with E-state index in [1.807, 2.05) is 13.0 Å². The molecule has 0 fully saturated rings. The van der Waals surface area contributed by atoms with Crippen LogP contribution >= 0.6 is 0 Å². The second kappa shape index (κ2) is 7.92. The fourth-order valence-corrected chi connectivity index (χ4v) is 3.70. The number of nitrogens with one attached hydrogen (secondary N) is 1. The summed E-state index contributed by atoms with van der Waals surface area (Å²) in [4.78, 5) is 24.3. The highest BCUT2D eigenvalue weighted by Gasteiger charge is 2.25. The third-order valence-corrected chi connectivity index (χ3v) is 6.72. The normalized spacial score (nSPS) is 12.6. The van der Waals surface area contributed by atoms with Gasteiger partial charge in [0.1, 0.15) is 0 Å². The molecule has 0 aliphatic rings. The minimum atomic E-state index is -3.44. The van der Waals surface area contributed by atoms with E-state index in [2.05, 4.69) is 5.32 Å². The molecule has 0 saturated carbocycles. The second-order valence-corrected chi connectivity index (χ2v) is 9.16. The van der Waals surface area contributed by atoms with E-state index in [9.17, 15) is 23.1 Å². The van der Waals surface area contributed by atoms with E-state index in [-0.39, 0.29) is 10.5 Å². The molecule has 2 rings (SSSR count). The van der Waals surface area contributed by atoms with Crippen LogP contribution < -0.4 is 5.32 Å². The highest BCUT2D eigenvalue weighted by Crippen LogP contribution is 2.22. The van der Waals surface area contributed by atoms with Gasteiger partial charge in [-0.2, -0.15) is 0 Å². The number of benzene rings is 2. The summed E-state index contributed by atoms with van der Waals surface area (Å²) < 4.78 is 24.3. The molecule has 0 aromatic heterocycles. The number of rotatable bonds is 6. The number of amides is 1. The summed E-state index contributed by atoms with van der Waals surface area (Å²) in [7, 11) is -3.44. The maximum absolute atomic E-state index is 12.5. The van der Waals surface area contributed by atoms with Gasteiger partial charge in [-0.1, -0.05) is 18.2 Å². The standard InChI is InChI=1S/C20H23NO5S/c1-12(2)27(25,26)16-10-8-15(9-11-16)19(22)21-18(20(23)24)17-7-5-6-13(3)14(17)4/h5-12,18H,1-4H3,(H,21,22)(H,23,24). The Hall–Kier alpha value is -2.67. The van der Waals surface area contributed by atoms with Crippen LogP contribution in [0.2, 0.25) is 0 Å². The van der Waals surface area contributed by atoms with Crippen molar-refractivity contribution >= 4 is 21.7 Å². The van der Waals surface area contributed by atoms with Gasteiger partial charge in [-0.05, 0) is 68.7 Å². The van der Waals surface area contributed by atoms with Crippen LogP contribution in [0.3, 0.4) is 0 Å². The zero-order chi connectivity index (χ0) is 20.4. The van der Waals surface area contributed by atoms with Crippen molar-refractivity contribution in [3.05, 3.63) is 64.7 Å². The number of aliphatic carboxylic acids is 1. The third-order valence-electron chi connectivity index (χ3n) is 4.55. The number of carboxylic acid groups (broad SMARTS) is 1. The number of hydrogen-bond donors (Lipinski definition) is 2. The molecule has 2 aromatic rings. The fraction of sp³-hybridized carbons (Fsp3) is 0.300. The van der Waals surface area contributed by atoms with Gasteiger partial charge in [0, 0.05) is 5.56 Å². The molecule has 0 spiro atoms. The monoisotopic (exact) mass is 389 g/mol. The summed E-state index contributed by atoms with van der Waals surface area (Å²) in [5.74, 6) is -1.76. The summed E-state index contributed by atoms with van der Waals surface area (Å²) in [5.41, 5.74) is 2.42. The first-order valence-corrected chi connectivity index (χ1v) is 10.0. The maximum Gasteiger partial charge on any atom is 0.330 e. The Morgan fingerprint density at radius 1 is 1.00 bits per heavy atom. The third kappa shape index (κ3) is 4.36. The summed E-state index contributed by atoms with van der Waals surface area (Å²) in [6, 6.07) is 9.56. The Bertz CT molecular complexity index is 962. The summed E-state index contributed by atoms with van der Waals surface area (Å²) >= 11 is 0. The molecule has 144 valence electrons. The SMILES string of the molecule is Cc1cccc(C(NC(=O)c2ccc(S(=O)(=O)C(C)C)cc2)C(=O)O)c1C. The number of carboxylic acids is 1. The van der Waals surface area contributed by atoms with Crippen molar-refractivity contribution in [2.45, 2.75) is 43.9 Å². The smallest absolute Gasteiger partial charge is 0.330 e. The first-order valence-electron chi connectivity index (χ1n) is 8.49. The fourth-order valence-electron chi connectivity index (χ4n) is 2.64. The number of hydrogen-bond acceptors (Lipinski definition) is 4. The lowest BCUT2D eigenvalue weighted by Gasteiger charge is -2.18. The largest absolute Gasteiger partial charge is 0.479 e. The molecular weight excluding hydrogens is 366 g/mol. The average molecular weight is 389 g/mol. The zero-order valence-electron chi connectivity index (χ0n) is 15.7. The molecule has 0 aliphatic carbocycles. The van der Waals surface area contributed by atoms with Gasteiger partial charge >= 0.3 is 5.97 Å². The van der Waals surface area contributed by atoms with Crippen LogP contribution in [0.4, 0.5) is 0 Å². The molecule has 1 unspecified atom stereocenters. The van der Waals surface area contributed by atoms with Gasteiger partial charge in [0.25, 0.3) is 5.91 Å². The Kier molecular flexibility index (Phi) is 6.05. The van der Waals surface area contributed by atoms with Crippen molar-refractivity contribution < 1.29 is 23.1 Å². The number of aryl methyl sites for hydroxylation is 1. The molecule has 1 atom stereocenters. The van der Waals surface area contributed by atoms with Crippen LogP contribution in [0.5, 0.6) is 0 Å². The Labute approximate surface area is 159 Å². The zero-order valence-corrected chi connectivity index (χ0v) is 16.5. The van der Waals surface area contributed by atoms with Crippen LogP contribution in [0, 0.1) is 13.8 Å². The summed E-state index contributed by atoms with van der Waals surface area (Å²) in [5, 5.41) is 11.5. The van der Waals surface area contributed by atoms with Crippen LogP contribution in [0.1, 0.15) is 46.9 Å². The molecule has 0 saturated heterocycles. The molecule has 0 heterocycles. The molecule has 0 aliphatic heterocycles. The lowest BCUT2D eigenvalue weighted by molar-refractivity contribution is -0.139. The summed E-state index contributed by atoms with van der Waals surface area (Å²) in [6.45, 7) is 6.83. The van der Waals surface area contributed by atoms with E-state index >= 15 is 0 Å². The van der Waals surface area contributed by atoms with Crippen molar-refractivity contribution in [3.8, 4) is 0 Å². The van der Waals surface area contributed by atoms with E-state index < -0.39 is 33.0 Å². The molecule has 0 bridgehead atoms. The van der Waals surface area contributed by atoms with Gasteiger partial charge in [-0.25, -0.2) is 13.2 Å². The minimum Gasteiger partial charge on any atom is -0.479 e. The van der Waals surface area contributed by atoms with Crippen molar-refractivity contribution in [2.24, 2.45) is 0 Å². The molecule has 27 heavy (non-hydrogen) atoms. The quantitative estimate of drug-likeness (QED) is 0.791. The molecule has 1 amide bonds. The second-order valence-electron chi connectivity index (χ2n) is 6.65. The first kappa shape index (κ1) is 20.6. The van der Waals surface area contributed by atoms with Gasteiger partial charge in [0.15, 0.2) is 15.9 Å². The van der Waals surface area contributed by atoms with E-state index in [1.165, 1.54) is 24.3 Å².